The van der Waals surface area contributed by atoms with Crippen LogP contribution in [-0.4, -0.2) is 24.7 Å². The lowest BCUT2D eigenvalue weighted by molar-refractivity contribution is -0.126. The summed E-state index contributed by atoms with van der Waals surface area (Å²) in [4.78, 5) is 26.8. The Morgan fingerprint density at radius 3 is 1.91 bits per heavy atom. The summed E-state index contributed by atoms with van der Waals surface area (Å²) in [5, 5.41) is 4.27. The van der Waals surface area contributed by atoms with E-state index in [-0.39, 0.29) is 4.90 Å². The molecule has 0 bridgehead atoms. The summed E-state index contributed by atoms with van der Waals surface area (Å²) in [5.41, 5.74) is 1.14. The molecule has 7 heteroatoms. The number of amides is 3. The van der Waals surface area contributed by atoms with Gasteiger partial charge in [-0.3, -0.25) is 4.79 Å². The third kappa shape index (κ3) is 2.26. The van der Waals surface area contributed by atoms with Gasteiger partial charge in [0, 0.05) is 0 Å². The average molecular weight is 440 g/mol. The van der Waals surface area contributed by atoms with Crippen LogP contribution >= 0.6 is 0 Å². The zero-order valence-corrected chi connectivity index (χ0v) is 17.5. The van der Waals surface area contributed by atoms with Gasteiger partial charge in [0.15, 0.2) is 5.54 Å². The highest BCUT2D eigenvalue weighted by Crippen LogP contribution is 2.50. The Labute approximate surface area is 184 Å². The van der Waals surface area contributed by atoms with E-state index in [0.717, 1.165) is 16.5 Å². The molecular formula is C25H16N2O4S. The highest BCUT2D eigenvalue weighted by atomic mass is 32.2. The number of nitrogens with one attached hydrogen (secondary N) is 1. The maximum atomic E-state index is 13.8. The molecule has 1 aliphatic heterocycles. The van der Waals surface area contributed by atoms with Crippen molar-refractivity contribution in [3.05, 3.63) is 102 Å². The molecule has 1 saturated heterocycles. The number of urea groups is 1. The fraction of sp³-hybridized carbons (Fsp3) is 0.0400. The molecule has 1 fully saturated rings. The number of imide groups is 1. The Hall–Kier alpha value is -3.97. The summed E-state index contributed by atoms with van der Waals surface area (Å²) in [6.45, 7) is 0. The number of carbonyl (C=O) groups excluding carboxylic acids is 2. The zero-order valence-electron chi connectivity index (χ0n) is 16.6. The second-order valence-corrected chi connectivity index (χ2v) is 9.64. The minimum Gasteiger partial charge on any atom is -0.315 e. The molecule has 4 aromatic carbocycles. The molecule has 1 N–H and O–H groups in total. The van der Waals surface area contributed by atoms with Gasteiger partial charge in [0.2, 0.25) is 0 Å². The van der Waals surface area contributed by atoms with Gasteiger partial charge in [-0.2, -0.15) is 0 Å². The molecule has 32 heavy (non-hydrogen) atoms. The van der Waals surface area contributed by atoms with E-state index in [1.54, 1.807) is 42.5 Å². The number of carbonyl (C=O) groups is 2. The zero-order chi connectivity index (χ0) is 22.1. The average Bonchev–Trinajstić information content (AvgIpc) is 3.25. The fourth-order valence-corrected chi connectivity index (χ4v) is 6.11. The van der Waals surface area contributed by atoms with E-state index in [4.69, 9.17) is 0 Å². The van der Waals surface area contributed by atoms with E-state index in [0.29, 0.717) is 20.8 Å². The number of hydrogen-bond donors (Lipinski definition) is 1. The van der Waals surface area contributed by atoms with Crippen molar-refractivity contribution in [1.29, 1.82) is 0 Å². The Morgan fingerprint density at radius 1 is 0.688 bits per heavy atom. The molecule has 6 nitrogen and oxygen atoms in total. The van der Waals surface area contributed by atoms with Crippen LogP contribution in [0.15, 0.2) is 95.9 Å². The first-order chi connectivity index (χ1) is 15.4. The summed E-state index contributed by atoms with van der Waals surface area (Å²) in [7, 11) is -4.43. The van der Waals surface area contributed by atoms with Crippen molar-refractivity contribution in [2.24, 2.45) is 0 Å². The highest BCUT2D eigenvalue weighted by Gasteiger charge is 2.61. The van der Waals surface area contributed by atoms with Gasteiger partial charge in [-0.25, -0.2) is 13.2 Å². The maximum absolute atomic E-state index is 13.8. The Bertz CT molecular complexity index is 1530. The van der Waals surface area contributed by atoms with Crippen LogP contribution in [0.25, 0.3) is 21.9 Å². The van der Waals surface area contributed by atoms with E-state index >= 15 is 0 Å². The molecule has 1 aliphatic carbocycles. The van der Waals surface area contributed by atoms with Gasteiger partial charge in [0.05, 0.1) is 4.90 Å². The molecule has 4 aromatic rings. The quantitative estimate of drug-likeness (QED) is 0.478. The van der Waals surface area contributed by atoms with Crippen LogP contribution in [-0.2, 0) is 20.4 Å². The van der Waals surface area contributed by atoms with Gasteiger partial charge in [-0.1, -0.05) is 78.9 Å². The maximum Gasteiger partial charge on any atom is 0.339 e. The number of hydrogen-bond acceptors (Lipinski definition) is 4. The smallest absolute Gasteiger partial charge is 0.315 e. The Balaban J connectivity index is 1.54. The topological polar surface area (TPSA) is 83.6 Å². The lowest BCUT2D eigenvalue weighted by Crippen LogP contribution is -2.44. The molecule has 0 radical (unpaired) electrons. The summed E-state index contributed by atoms with van der Waals surface area (Å²) in [6.07, 6.45) is 0. The van der Waals surface area contributed by atoms with Gasteiger partial charge < -0.3 is 5.32 Å². The van der Waals surface area contributed by atoms with Crippen molar-refractivity contribution in [2.75, 3.05) is 0 Å². The van der Waals surface area contributed by atoms with Crippen molar-refractivity contribution >= 4 is 32.7 Å². The predicted molar refractivity (Wildman–Crippen MR) is 119 cm³/mol. The van der Waals surface area contributed by atoms with E-state index in [2.05, 4.69) is 5.32 Å². The molecule has 0 unspecified atom stereocenters. The lowest BCUT2D eigenvalue weighted by Gasteiger charge is -2.24. The van der Waals surface area contributed by atoms with Crippen molar-refractivity contribution in [1.82, 2.24) is 9.62 Å². The monoisotopic (exact) mass is 440 g/mol. The van der Waals surface area contributed by atoms with Crippen molar-refractivity contribution in [3.8, 4) is 11.1 Å². The van der Waals surface area contributed by atoms with Crippen LogP contribution in [0, 0.1) is 0 Å². The summed E-state index contributed by atoms with van der Waals surface area (Å²) in [5.74, 6) is -0.826. The molecule has 1 spiro atoms. The van der Waals surface area contributed by atoms with Crippen LogP contribution in [0.2, 0.25) is 0 Å². The molecule has 6 rings (SSSR count). The summed E-state index contributed by atoms with van der Waals surface area (Å²) >= 11 is 0. The lowest BCUT2D eigenvalue weighted by atomic mass is 9.88. The minimum absolute atomic E-state index is 0.115. The van der Waals surface area contributed by atoms with Gasteiger partial charge in [-0.15, -0.1) is 4.31 Å². The first-order valence-corrected chi connectivity index (χ1v) is 11.5. The number of sulfonamides is 1. The van der Waals surface area contributed by atoms with Crippen LogP contribution in [0.1, 0.15) is 11.1 Å². The second-order valence-electron chi connectivity index (χ2n) is 7.85. The third-order valence-electron chi connectivity index (χ3n) is 6.20. The predicted octanol–water partition coefficient (Wildman–Crippen LogP) is 4.00. The van der Waals surface area contributed by atoms with E-state index in [9.17, 15) is 18.0 Å². The van der Waals surface area contributed by atoms with Crippen molar-refractivity contribution in [3.63, 3.8) is 0 Å². The largest absolute Gasteiger partial charge is 0.339 e. The van der Waals surface area contributed by atoms with Crippen LogP contribution in [0.4, 0.5) is 4.79 Å². The molecule has 156 valence electrons. The standard InChI is InChI=1S/C25H16N2O4S/c28-23-25(21-11-5-3-9-19(21)20-10-4-6-12-22(20)25)26-24(29)27(23)32(30,31)18-14-13-16-7-1-2-8-17(16)15-18/h1-15H,(H,26,29). The summed E-state index contributed by atoms with van der Waals surface area (Å²) in [6, 6.07) is 25.4. The Morgan fingerprint density at radius 2 is 1.25 bits per heavy atom. The number of rotatable bonds is 2. The SMILES string of the molecule is O=C1NC2(C(=O)N1S(=O)(=O)c1ccc3ccccc3c1)c1ccccc1-c1ccccc12. The number of fused-ring (bicyclic) bond motifs is 6. The van der Waals surface area contributed by atoms with Crippen molar-refractivity contribution in [2.45, 2.75) is 10.4 Å². The highest BCUT2D eigenvalue weighted by molar-refractivity contribution is 7.90. The number of nitrogens with zero attached hydrogens (tertiary/aromatic N) is 1. The number of benzene rings is 4. The first kappa shape index (κ1) is 18.8. The Kier molecular flexibility index (Phi) is 3.68. The van der Waals surface area contributed by atoms with Gasteiger partial charge in [0.25, 0.3) is 15.9 Å². The van der Waals surface area contributed by atoms with Crippen LogP contribution < -0.4 is 5.32 Å². The molecule has 3 amide bonds. The third-order valence-corrected chi connectivity index (χ3v) is 7.86. The van der Waals surface area contributed by atoms with E-state index < -0.39 is 27.5 Å². The minimum atomic E-state index is -4.43. The molecule has 0 atom stereocenters. The van der Waals surface area contributed by atoms with Gasteiger partial charge in [0.1, 0.15) is 0 Å². The van der Waals surface area contributed by atoms with E-state index in [1.807, 2.05) is 36.4 Å². The second kappa shape index (κ2) is 6.27. The molecule has 0 saturated carbocycles. The normalized spacial score (nSPS) is 16.3. The van der Waals surface area contributed by atoms with E-state index in [1.165, 1.54) is 12.1 Å². The van der Waals surface area contributed by atoms with Crippen molar-refractivity contribution < 1.29 is 18.0 Å². The van der Waals surface area contributed by atoms with Gasteiger partial charge in [-0.05, 0) is 45.2 Å². The molecule has 0 aromatic heterocycles. The van der Waals surface area contributed by atoms with Crippen LogP contribution in [0.5, 0.6) is 0 Å². The first-order valence-electron chi connectivity index (χ1n) is 10.0. The molecule has 2 aliphatic rings. The van der Waals surface area contributed by atoms with Crippen LogP contribution in [0.3, 0.4) is 0 Å². The summed E-state index contributed by atoms with van der Waals surface area (Å²) < 4.78 is 27.4. The van der Waals surface area contributed by atoms with Gasteiger partial charge >= 0.3 is 6.03 Å². The molecule has 1 heterocycles. The molecular weight excluding hydrogens is 424 g/mol. The fourth-order valence-electron chi connectivity index (χ4n) is 4.76.